The van der Waals surface area contributed by atoms with Crippen LogP contribution in [0.2, 0.25) is 0 Å². The molecule has 0 aromatic heterocycles. The Morgan fingerprint density at radius 1 is 1.11 bits per heavy atom. The molecule has 2 aromatic carbocycles. The first-order chi connectivity index (χ1) is 13.6. The molecule has 2 aliphatic rings. The zero-order valence-electron chi connectivity index (χ0n) is 15.6. The van der Waals surface area contributed by atoms with E-state index in [9.17, 15) is 10.1 Å². The molecular weight excluding hydrogens is 350 g/mol. The summed E-state index contributed by atoms with van der Waals surface area (Å²) in [6.07, 6.45) is 0. The summed E-state index contributed by atoms with van der Waals surface area (Å²) in [7, 11) is 0. The molecule has 2 aliphatic heterocycles. The molecule has 3 atom stereocenters. The van der Waals surface area contributed by atoms with Gasteiger partial charge in [-0.1, -0.05) is 60.7 Å². The molecule has 1 N–H and O–H groups in total. The van der Waals surface area contributed by atoms with Gasteiger partial charge < -0.3 is 4.74 Å². The smallest absolute Gasteiger partial charge is 0.205 e. The number of carbonyl (C=O) groups excluding carboxylic acids is 1. The summed E-state index contributed by atoms with van der Waals surface area (Å²) in [5, 5.41) is 17.9. The average Bonchev–Trinajstić information content (AvgIpc) is 2.73. The van der Waals surface area contributed by atoms with Crippen LogP contribution in [0.4, 0.5) is 0 Å². The number of nitriles is 1. The van der Waals surface area contributed by atoms with Crippen molar-refractivity contribution in [3.8, 4) is 6.07 Å². The molecule has 0 saturated heterocycles. The van der Waals surface area contributed by atoms with Crippen LogP contribution >= 0.6 is 0 Å². The molecule has 4 rings (SSSR count). The minimum atomic E-state index is -0.789. The quantitative estimate of drug-likeness (QED) is 0.890. The van der Waals surface area contributed by atoms with Crippen LogP contribution in [0.3, 0.4) is 0 Å². The molecule has 5 nitrogen and oxygen atoms in total. The first kappa shape index (κ1) is 18.1. The molecule has 1 unspecified atom stereocenters. The van der Waals surface area contributed by atoms with E-state index in [2.05, 4.69) is 17.9 Å². The minimum Gasteiger partial charge on any atom is -0.445 e. The highest BCUT2D eigenvalue weighted by Gasteiger charge is 2.44. The van der Waals surface area contributed by atoms with E-state index in [-0.39, 0.29) is 24.3 Å². The second kappa shape index (κ2) is 7.41. The van der Waals surface area contributed by atoms with Crippen molar-refractivity contribution in [2.75, 3.05) is 13.1 Å². The van der Waals surface area contributed by atoms with Crippen molar-refractivity contribution in [1.82, 2.24) is 4.90 Å². The van der Waals surface area contributed by atoms with Gasteiger partial charge in [0.1, 0.15) is 11.7 Å². The lowest BCUT2D eigenvalue weighted by molar-refractivity contribution is -0.118. The summed E-state index contributed by atoms with van der Waals surface area (Å²) in [4.78, 5) is 15.2. The fourth-order valence-corrected chi connectivity index (χ4v) is 4.07. The summed E-state index contributed by atoms with van der Waals surface area (Å²) < 4.78 is 5.71. The van der Waals surface area contributed by atoms with Gasteiger partial charge in [-0.05, 0) is 18.1 Å². The molecule has 0 bridgehead atoms. The van der Waals surface area contributed by atoms with Crippen LogP contribution in [0.5, 0.6) is 0 Å². The van der Waals surface area contributed by atoms with Gasteiger partial charge in [-0.15, -0.1) is 0 Å². The second-order valence-electron chi connectivity index (χ2n) is 7.21. The van der Waals surface area contributed by atoms with Crippen molar-refractivity contribution >= 4 is 11.7 Å². The molecule has 5 heteroatoms. The van der Waals surface area contributed by atoms with Crippen molar-refractivity contribution < 1.29 is 9.53 Å². The molecule has 28 heavy (non-hydrogen) atoms. The summed E-state index contributed by atoms with van der Waals surface area (Å²) in [6.45, 7) is 2.78. The second-order valence-corrected chi connectivity index (χ2v) is 7.21. The topological polar surface area (TPSA) is 77.2 Å². The van der Waals surface area contributed by atoms with Gasteiger partial charge in [-0.25, -0.2) is 0 Å². The normalized spacial score (nSPS) is 23.6. The number of ether oxygens (including phenoxy) is 1. The van der Waals surface area contributed by atoms with E-state index in [1.165, 1.54) is 0 Å². The van der Waals surface area contributed by atoms with E-state index >= 15 is 0 Å². The van der Waals surface area contributed by atoms with Gasteiger partial charge in [0.05, 0.1) is 19.2 Å². The van der Waals surface area contributed by atoms with Gasteiger partial charge in [0.2, 0.25) is 5.90 Å². The summed E-state index contributed by atoms with van der Waals surface area (Å²) in [5.41, 5.74) is 2.54. The number of Topliss-reactive ketones (excluding diaryl/α,β-unsaturated/α-hetero) is 1. The molecule has 0 radical (unpaired) electrons. The molecule has 0 amide bonds. The highest BCUT2D eigenvalue weighted by molar-refractivity contribution is 6.02. The van der Waals surface area contributed by atoms with Gasteiger partial charge in [-0.2, -0.15) is 5.26 Å². The maximum absolute atomic E-state index is 13.2. The Bertz CT molecular complexity index is 976. The first-order valence-corrected chi connectivity index (χ1v) is 9.36. The van der Waals surface area contributed by atoms with E-state index in [0.29, 0.717) is 17.9 Å². The van der Waals surface area contributed by atoms with Crippen LogP contribution in [-0.4, -0.2) is 29.7 Å². The monoisotopic (exact) mass is 371 g/mol. The number of nitrogens with one attached hydrogen (secondary N) is 1. The van der Waals surface area contributed by atoms with E-state index < -0.39 is 11.8 Å². The van der Waals surface area contributed by atoms with Crippen LogP contribution < -0.4 is 0 Å². The summed E-state index contributed by atoms with van der Waals surface area (Å²) >= 11 is 0. The van der Waals surface area contributed by atoms with Crippen LogP contribution in [0.15, 0.2) is 72.0 Å². The lowest BCUT2D eigenvalue weighted by Crippen LogP contribution is -2.45. The van der Waals surface area contributed by atoms with Gasteiger partial charge in [0.15, 0.2) is 5.78 Å². The standard InChI is InChI=1S/C23H21N3O2/c1-15(16-8-4-2-5-9-16)26-13-19(27)22-20(14-26)28-23(25)18(12-24)21(22)17-10-6-3-7-11-17/h2-11,15,18,21,25H,13-14H2,1H3/t15-,18?,21-/m1/s1. The van der Waals surface area contributed by atoms with Gasteiger partial charge in [0.25, 0.3) is 0 Å². The Morgan fingerprint density at radius 3 is 2.39 bits per heavy atom. The van der Waals surface area contributed by atoms with E-state index in [4.69, 9.17) is 10.1 Å². The van der Waals surface area contributed by atoms with E-state index in [0.717, 1.165) is 11.1 Å². The Balaban J connectivity index is 1.73. The molecule has 0 fully saturated rings. The molecule has 2 aromatic rings. The maximum atomic E-state index is 13.2. The Labute approximate surface area is 164 Å². The van der Waals surface area contributed by atoms with Crippen LogP contribution in [-0.2, 0) is 9.53 Å². The number of benzene rings is 2. The fraction of sp³-hybridized carbons (Fsp3) is 0.261. The lowest BCUT2D eigenvalue weighted by atomic mass is 9.76. The minimum absolute atomic E-state index is 0.0364. The van der Waals surface area contributed by atoms with Crippen molar-refractivity contribution in [1.29, 1.82) is 10.7 Å². The molecule has 140 valence electrons. The maximum Gasteiger partial charge on any atom is 0.205 e. The highest BCUT2D eigenvalue weighted by Crippen LogP contribution is 2.42. The molecule has 0 spiro atoms. The molecular formula is C23H21N3O2. The van der Waals surface area contributed by atoms with Crippen molar-refractivity contribution in [3.63, 3.8) is 0 Å². The Kier molecular flexibility index (Phi) is 4.81. The molecule has 2 heterocycles. The van der Waals surface area contributed by atoms with Crippen LogP contribution in [0.1, 0.15) is 30.0 Å². The number of hydrogen-bond acceptors (Lipinski definition) is 5. The number of nitrogens with zero attached hydrogens (tertiary/aromatic N) is 2. The zero-order chi connectivity index (χ0) is 19.7. The Hall–Kier alpha value is -3.23. The van der Waals surface area contributed by atoms with Crippen molar-refractivity contribution in [2.45, 2.75) is 18.9 Å². The third-order valence-electron chi connectivity index (χ3n) is 5.58. The first-order valence-electron chi connectivity index (χ1n) is 9.36. The number of hydrogen-bond donors (Lipinski definition) is 1. The zero-order valence-corrected chi connectivity index (χ0v) is 15.6. The van der Waals surface area contributed by atoms with Crippen molar-refractivity contribution in [3.05, 3.63) is 83.1 Å². The van der Waals surface area contributed by atoms with Gasteiger partial charge in [-0.3, -0.25) is 15.1 Å². The largest absolute Gasteiger partial charge is 0.445 e. The molecule has 0 saturated carbocycles. The predicted molar refractivity (Wildman–Crippen MR) is 106 cm³/mol. The van der Waals surface area contributed by atoms with Crippen LogP contribution in [0, 0.1) is 22.7 Å². The highest BCUT2D eigenvalue weighted by atomic mass is 16.5. The van der Waals surface area contributed by atoms with E-state index in [1.807, 2.05) is 60.7 Å². The number of ketones is 1. The molecule has 0 aliphatic carbocycles. The summed E-state index contributed by atoms with van der Waals surface area (Å²) in [6, 6.07) is 21.7. The summed E-state index contributed by atoms with van der Waals surface area (Å²) in [5.74, 6) is -0.862. The van der Waals surface area contributed by atoms with Gasteiger partial charge >= 0.3 is 0 Å². The van der Waals surface area contributed by atoms with Crippen molar-refractivity contribution in [2.24, 2.45) is 5.92 Å². The lowest BCUT2D eigenvalue weighted by Gasteiger charge is -2.39. The predicted octanol–water partition coefficient (Wildman–Crippen LogP) is 3.82. The van der Waals surface area contributed by atoms with Crippen LogP contribution in [0.25, 0.3) is 0 Å². The number of rotatable bonds is 3. The average molecular weight is 371 g/mol. The number of carbonyl (C=O) groups is 1. The fourth-order valence-electron chi connectivity index (χ4n) is 4.07. The van der Waals surface area contributed by atoms with Gasteiger partial charge in [0, 0.05) is 17.5 Å². The third-order valence-corrected chi connectivity index (χ3v) is 5.58. The SMILES string of the molecule is C[C@H](c1ccccc1)N1CC(=O)C2=C(C1)OC(=N)C(C#N)[C@H]2c1ccccc1. The Morgan fingerprint density at radius 2 is 1.75 bits per heavy atom. The third kappa shape index (κ3) is 3.12. The van der Waals surface area contributed by atoms with E-state index in [1.54, 1.807) is 0 Å².